The number of aliphatic imine (C=N–C) groups is 1. The van der Waals surface area contributed by atoms with Crippen LogP contribution < -0.4 is 24.8 Å². The summed E-state index contributed by atoms with van der Waals surface area (Å²) in [5, 5.41) is 6.64. The van der Waals surface area contributed by atoms with Gasteiger partial charge in [-0.2, -0.15) is 0 Å². The predicted octanol–water partition coefficient (Wildman–Crippen LogP) is 3.74. The van der Waals surface area contributed by atoms with E-state index in [1.807, 2.05) is 36.4 Å². The van der Waals surface area contributed by atoms with E-state index in [0.29, 0.717) is 13.2 Å². The molecule has 0 bridgehead atoms. The zero-order valence-corrected chi connectivity index (χ0v) is 18.4. The predicted molar refractivity (Wildman–Crippen MR) is 121 cm³/mol. The number of nitrogens with zero attached hydrogens (tertiary/aromatic N) is 1. The van der Waals surface area contributed by atoms with Crippen molar-refractivity contribution in [2.24, 2.45) is 4.99 Å². The molecular formula is C23H33N3O4. The van der Waals surface area contributed by atoms with Crippen LogP contribution in [0, 0.1) is 0 Å². The third-order valence-electron chi connectivity index (χ3n) is 4.46. The first-order valence-corrected chi connectivity index (χ1v) is 10.1. The Kier molecular flexibility index (Phi) is 10.4. The SMILES string of the molecule is CN=C(NCCCc1ccc(OC)c(OC)c1)Nc1cccc(OCCCOC)c1. The van der Waals surface area contributed by atoms with Crippen molar-refractivity contribution >= 4 is 11.6 Å². The molecule has 0 amide bonds. The molecule has 0 aliphatic carbocycles. The summed E-state index contributed by atoms with van der Waals surface area (Å²) >= 11 is 0. The number of hydrogen-bond donors (Lipinski definition) is 2. The summed E-state index contributed by atoms with van der Waals surface area (Å²) in [5.74, 6) is 3.04. The van der Waals surface area contributed by atoms with Crippen molar-refractivity contribution in [3.8, 4) is 17.2 Å². The molecule has 0 fully saturated rings. The highest BCUT2D eigenvalue weighted by Gasteiger charge is 2.05. The summed E-state index contributed by atoms with van der Waals surface area (Å²) < 4.78 is 21.4. The number of aryl methyl sites for hydroxylation is 1. The molecule has 2 aromatic carbocycles. The molecule has 0 heterocycles. The second-order valence-electron chi connectivity index (χ2n) is 6.64. The Hall–Kier alpha value is -2.93. The average molecular weight is 416 g/mol. The van der Waals surface area contributed by atoms with Gasteiger partial charge in [0.2, 0.25) is 0 Å². The van der Waals surface area contributed by atoms with Gasteiger partial charge >= 0.3 is 0 Å². The van der Waals surface area contributed by atoms with E-state index in [0.717, 1.165) is 54.7 Å². The fourth-order valence-corrected chi connectivity index (χ4v) is 2.91. The summed E-state index contributed by atoms with van der Waals surface area (Å²) in [7, 11) is 6.74. The molecule has 0 atom stereocenters. The van der Waals surface area contributed by atoms with E-state index in [-0.39, 0.29) is 0 Å². The van der Waals surface area contributed by atoms with Gasteiger partial charge < -0.3 is 29.6 Å². The maximum atomic E-state index is 5.75. The molecule has 0 aliphatic rings. The Labute approximate surface area is 179 Å². The minimum atomic E-state index is 0.625. The van der Waals surface area contributed by atoms with Crippen LogP contribution in [0.3, 0.4) is 0 Å². The Morgan fingerprint density at radius 2 is 1.77 bits per heavy atom. The molecule has 2 aromatic rings. The van der Waals surface area contributed by atoms with Crippen LogP contribution in [-0.2, 0) is 11.2 Å². The van der Waals surface area contributed by atoms with Gasteiger partial charge in [-0.05, 0) is 42.7 Å². The zero-order valence-electron chi connectivity index (χ0n) is 18.4. The third-order valence-corrected chi connectivity index (χ3v) is 4.46. The smallest absolute Gasteiger partial charge is 0.195 e. The van der Waals surface area contributed by atoms with Gasteiger partial charge in [0.05, 0.1) is 20.8 Å². The number of nitrogens with one attached hydrogen (secondary N) is 2. The lowest BCUT2D eigenvalue weighted by molar-refractivity contribution is 0.172. The molecule has 0 saturated heterocycles. The minimum Gasteiger partial charge on any atom is -0.493 e. The lowest BCUT2D eigenvalue weighted by Crippen LogP contribution is -2.31. The molecule has 2 N–H and O–H groups in total. The first-order chi connectivity index (χ1) is 14.7. The molecule has 7 heteroatoms. The third kappa shape index (κ3) is 7.83. The van der Waals surface area contributed by atoms with E-state index in [9.17, 15) is 0 Å². The first-order valence-electron chi connectivity index (χ1n) is 10.1. The van der Waals surface area contributed by atoms with Gasteiger partial charge in [0.1, 0.15) is 5.75 Å². The van der Waals surface area contributed by atoms with Crippen LogP contribution in [0.1, 0.15) is 18.4 Å². The molecule has 0 aliphatic heterocycles. The van der Waals surface area contributed by atoms with Crippen LogP contribution >= 0.6 is 0 Å². The summed E-state index contributed by atoms with van der Waals surface area (Å²) in [4.78, 5) is 4.29. The Balaban J connectivity index is 1.78. The first kappa shape index (κ1) is 23.3. The lowest BCUT2D eigenvalue weighted by atomic mass is 10.1. The minimum absolute atomic E-state index is 0.625. The van der Waals surface area contributed by atoms with Crippen LogP contribution in [0.2, 0.25) is 0 Å². The quantitative estimate of drug-likeness (QED) is 0.313. The summed E-state index contributed by atoms with van der Waals surface area (Å²) in [5.41, 5.74) is 2.13. The number of ether oxygens (including phenoxy) is 4. The van der Waals surface area contributed by atoms with Crippen LogP contribution in [0.4, 0.5) is 5.69 Å². The van der Waals surface area contributed by atoms with Crippen LogP contribution in [0.15, 0.2) is 47.5 Å². The van der Waals surface area contributed by atoms with Crippen molar-refractivity contribution in [3.63, 3.8) is 0 Å². The average Bonchev–Trinajstić information content (AvgIpc) is 2.78. The Morgan fingerprint density at radius 3 is 2.50 bits per heavy atom. The Morgan fingerprint density at radius 1 is 0.933 bits per heavy atom. The highest BCUT2D eigenvalue weighted by atomic mass is 16.5. The van der Waals surface area contributed by atoms with Crippen molar-refractivity contribution in [1.82, 2.24) is 5.32 Å². The number of guanidine groups is 1. The molecule has 0 aromatic heterocycles. The normalized spacial score (nSPS) is 11.1. The second-order valence-corrected chi connectivity index (χ2v) is 6.64. The van der Waals surface area contributed by atoms with E-state index in [1.54, 1.807) is 28.4 Å². The topological polar surface area (TPSA) is 73.3 Å². The van der Waals surface area contributed by atoms with Gasteiger partial charge in [-0.25, -0.2) is 0 Å². The molecule has 30 heavy (non-hydrogen) atoms. The van der Waals surface area contributed by atoms with Crippen molar-refractivity contribution in [1.29, 1.82) is 0 Å². The standard InChI is InChI=1S/C23H33N3O4/c1-24-23(26-19-9-5-10-20(17-19)30-15-7-14-27-2)25-13-6-8-18-11-12-21(28-3)22(16-18)29-4/h5,9-12,16-17H,6-8,13-15H2,1-4H3,(H2,24,25,26). The lowest BCUT2D eigenvalue weighted by Gasteiger charge is -2.13. The van der Waals surface area contributed by atoms with Crippen molar-refractivity contribution in [3.05, 3.63) is 48.0 Å². The van der Waals surface area contributed by atoms with Crippen LogP contribution in [-0.4, -0.2) is 54.1 Å². The summed E-state index contributed by atoms with van der Waals surface area (Å²) in [6.07, 6.45) is 2.74. The van der Waals surface area contributed by atoms with Gasteiger partial charge in [0.25, 0.3) is 0 Å². The molecule has 0 radical (unpaired) electrons. The number of methoxy groups -OCH3 is 3. The van der Waals surface area contributed by atoms with E-state index >= 15 is 0 Å². The van der Waals surface area contributed by atoms with Gasteiger partial charge in [0, 0.05) is 45.5 Å². The Bertz CT molecular complexity index is 796. The molecular weight excluding hydrogens is 382 g/mol. The van der Waals surface area contributed by atoms with Gasteiger partial charge in [-0.3, -0.25) is 4.99 Å². The second kappa shape index (κ2) is 13.3. The monoisotopic (exact) mass is 415 g/mol. The van der Waals surface area contributed by atoms with Crippen LogP contribution in [0.5, 0.6) is 17.2 Å². The number of hydrogen-bond acceptors (Lipinski definition) is 5. The van der Waals surface area contributed by atoms with E-state index in [1.165, 1.54) is 5.56 Å². The summed E-state index contributed by atoms with van der Waals surface area (Å²) in [6, 6.07) is 13.9. The van der Waals surface area contributed by atoms with Gasteiger partial charge in [0.15, 0.2) is 17.5 Å². The fourth-order valence-electron chi connectivity index (χ4n) is 2.91. The number of anilines is 1. The number of benzene rings is 2. The number of rotatable bonds is 12. The maximum absolute atomic E-state index is 5.75. The van der Waals surface area contributed by atoms with E-state index in [2.05, 4.69) is 21.7 Å². The molecule has 0 spiro atoms. The highest BCUT2D eigenvalue weighted by Crippen LogP contribution is 2.27. The zero-order chi connectivity index (χ0) is 21.6. The van der Waals surface area contributed by atoms with Crippen LogP contribution in [0.25, 0.3) is 0 Å². The fraction of sp³-hybridized carbons (Fsp3) is 0.435. The van der Waals surface area contributed by atoms with Crippen molar-refractivity contribution in [2.75, 3.05) is 53.5 Å². The largest absolute Gasteiger partial charge is 0.493 e. The molecule has 0 saturated carbocycles. The molecule has 164 valence electrons. The molecule has 2 rings (SSSR count). The van der Waals surface area contributed by atoms with Gasteiger partial charge in [-0.15, -0.1) is 0 Å². The van der Waals surface area contributed by atoms with Gasteiger partial charge in [-0.1, -0.05) is 12.1 Å². The summed E-state index contributed by atoms with van der Waals surface area (Å²) in [6.45, 7) is 2.11. The van der Waals surface area contributed by atoms with E-state index < -0.39 is 0 Å². The molecule has 0 unspecified atom stereocenters. The van der Waals surface area contributed by atoms with Crippen molar-refractivity contribution < 1.29 is 18.9 Å². The maximum Gasteiger partial charge on any atom is 0.195 e. The highest BCUT2D eigenvalue weighted by molar-refractivity contribution is 5.93. The molecule has 7 nitrogen and oxygen atoms in total. The van der Waals surface area contributed by atoms with Crippen molar-refractivity contribution in [2.45, 2.75) is 19.3 Å². The van der Waals surface area contributed by atoms with E-state index in [4.69, 9.17) is 18.9 Å².